The molecule has 0 saturated heterocycles. The fourth-order valence-corrected chi connectivity index (χ4v) is 4.24. The first-order chi connectivity index (χ1) is 12.7. The number of rotatable bonds is 5. The van der Waals surface area contributed by atoms with Crippen LogP contribution in [0.5, 0.6) is 0 Å². The van der Waals surface area contributed by atoms with Crippen molar-refractivity contribution in [3.8, 4) is 0 Å². The van der Waals surface area contributed by atoms with Crippen LogP contribution in [0.25, 0.3) is 0 Å². The van der Waals surface area contributed by atoms with Crippen molar-refractivity contribution in [1.29, 1.82) is 0 Å². The van der Waals surface area contributed by atoms with Crippen LogP contribution in [-0.4, -0.2) is 29.2 Å². The molecule has 0 fully saturated rings. The minimum Gasteiger partial charge on any atom is -0.348 e. The van der Waals surface area contributed by atoms with E-state index < -0.39 is 0 Å². The van der Waals surface area contributed by atoms with Gasteiger partial charge in [-0.05, 0) is 35.9 Å². The fourth-order valence-electron chi connectivity index (χ4n) is 3.22. The maximum atomic E-state index is 12.5. The molecular formula is C21H24N2O3S. The Bertz CT molecular complexity index is 881. The lowest BCUT2D eigenvalue weighted by Gasteiger charge is -2.31. The van der Waals surface area contributed by atoms with Gasteiger partial charge in [0.05, 0.1) is 17.2 Å². The maximum absolute atomic E-state index is 12.5. The third-order valence-corrected chi connectivity index (χ3v) is 5.62. The molecule has 3 rings (SSSR count). The molecule has 1 aromatic heterocycles. The normalized spacial score (nSPS) is 15.0. The molecule has 0 saturated carbocycles. The van der Waals surface area contributed by atoms with E-state index in [1.54, 1.807) is 23.5 Å². The van der Waals surface area contributed by atoms with Gasteiger partial charge in [0.15, 0.2) is 0 Å². The lowest BCUT2D eigenvalue weighted by Crippen LogP contribution is -2.39. The molecule has 0 aliphatic carbocycles. The summed E-state index contributed by atoms with van der Waals surface area (Å²) in [4.78, 5) is 39.8. The van der Waals surface area contributed by atoms with E-state index in [0.717, 1.165) is 10.4 Å². The molecule has 0 bridgehead atoms. The first-order valence-electron chi connectivity index (χ1n) is 8.98. The number of hydrogen-bond donors (Lipinski definition) is 1. The van der Waals surface area contributed by atoms with E-state index >= 15 is 0 Å². The highest BCUT2D eigenvalue weighted by atomic mass is 32.1. The molecule has 1 atom stereocenters. The van der Waals surface area contributed by atoms with Crippen LogP contribution in [-0.2, 0) is 4.79 Å². The van der Waals surface area contributed by atoms with Gasteiger partial charge in [-0.2, -0.15) is 0 Å². The average Bonchev–Trinajstić information content (AvgIpc) is 3.19. The second kappa shape index (κ2) is 7.27. The van der Waals surface area contributed by atoms with E-state index in [0.29, 0.717) is 11.1 Å². The topological polar surface area (TPSA) is 66.5 Å². The zero-order valence-corrected chi connectivity index (χ0v) is 16.9. The molecule has 2 heterocycles. The first-order valence-corrected chi connectivity index (χ1v) is 9.86. The van der Waals surface area contributed by atoms with Crippen molar-refractivity contribution in [2.24, 2.45) is 5.41 Å². The van der Waals surface area contributed by atoms with E-state index in [-0.39, 0.29) is 42.1 Å². The molecule has 1 N–H and O–H groups in total. The van der Waals surface area contributed by atoms with Crippen LogP contribution >= 0.6 is 11.3 Å². The van der Waals surface area contributed by atoms with Crippen molar-refractivity contribution in [3.05, 3.63) is 57.3 Å². The molecule has 142 valence electrons. The third-order valence-electron chi connectivity index (χ3n) is 4.69. The van der Waals surface area contributed by atoms with E-state index in [1.165, 1.54) is 4.90 Å². The number of nitrogens with zero attached hydrogens (tertiary/aromatic N) is 1. The van der Waals surface area contributed by atoms with Crippen LogP contribution in [0.2, 0.25) is 0 Å². The lowest BCUT2D eigenvalue weighted by atomic mass is 9.85. The Balaban J connectivity index is 1.66. The summed E-state index contributed by atoms with van der Waals surface area (Å²) in [5.41, 5.74) is 1.62. The number of aryl methyl sites for hydroxylation is 1. The quantitative estimate of drug-likeness (QED) is 0.794. The minimum absolute atomic E-state index is 0.0819. The largest absolute Gasteiger partial charge is 0.348 e. The number of fused-ring (bicyclic) bond motifs is 1. The predicted octanol–water partition coefficient (Wildman–Crippen LogP) is 3.95. The molecular weight excluding hydrogens is 360 g/mol. The molecule has 0 radical (unpaired) electrons. The number of carbonyl (C=O) groups is 3. The highest BCUT2D eigenvalue weighted by molar-refractivity contribution is 7.10. The standard InChI is InChI=1S/C21H24N2O3S/c1-13-7-8-14-15(12-13)20(26)23(19(14)25)10-9-17(24)22-18(21(2,3)4)16-6-5-11-27-16/h5-8,11-12,18H,9-10H2,1-4H3,(H,22,24). The second-order valence-corrected chi connectivity index (χ2v) is 8.92. The monoisotopic (exact) mass is 384 g/mol. The summed E-state index contributed by atoms with van der Waals surface area (Å²) in [5, 5.41) is 5.05. The predicted molar refractivity (Wildman–Crippen MR) is 106 cm³/mol. The first kappa shape index (κ1) is 19.3. The second-order valence-electron chi connectivity index (χ2n) is 7.94. The molecule has 3 amide bonds. The molecule has 6 heteroatoms. The van der Waals surface area contributed by atoms with Crippen LogP contribution in [0.15, 0.2) is 35.7 Å². The van der Waals surface area contributed by atoms with Gasteiger partial charge in [-0.25, -0.2) is 0 Å². The average molecular weight is 385 g/mol. The zero-order valence-electron chi connectivity index (χ0n) is 16.0. The van der Waals surface area contributed by atoms with Crippen molar-refractivity contribution in [3.63, 3.8) is 0 Å². The van der Waals surface area contributed by atoms with Crippen molar-refractivity contribution in [2.45, 2.75) is 40.2 Å². The number of hydrogen-bond acceptors (Lipinski definition) is 4. The highest BCUT2D eigenvalue weighted by Crippen LogP contribution is 2.35. The minimum atomic E-state index is -0.326. The summed E-state index contributed by atoms with van der Waals surface area (Å²) < 4.78 is 0. The number of imide groups is 1. The number of nitrogens with one attached hydrogen (secondary N) is 1. The Morgan fingerprint density at radius 3 is 2.48 bits per heavy atom. The van der Waals surface area contributed by atoms with Gasteiger partial charge in [0.2, 0.25) is 5.91 Å². The van der Waals surface area contributed by atoms with Gasteiger partial charge in [0.1, 0.15) is 0 Å². The van der Waals surface area contributed by atoms with Gasteiger partial charge >= 0.3 is 0 Å². The summed E-state index contributed by atoms with van der Waals surface area (Å²) >= 11 is 1.60. The molecule has 1 aliphatic rings. The van der Waals surface area contributed by atoms with Gasteiger partial charge in [-0.1, -0.05) is 38.5 Å². The fraction of sp³-hybridized carbons (Fsp3) is 0.381. The van der Waals surface area contributed by atoms with E-state index in [4.69, 9.17) is 0 Å². The number of amides is 3. The Morgan fingerprint density at radius 1 is 1.15 bits per heavy atom. The van der Waals surface area contributed by atoms with E-state index in [9.17, 15) is 14.4 Å². The van der Waals surface area contributed by atoms with Crippen LogP contribution in [0.3, 0.4) is 0 Å². The zero-order chi connectivity index (χ0) is 19.8. The molecule has 1 unspecified atom stereocenters. The Hall–Kier alpha value is -2.47. The SMILES string of the molecule is Cc1ccc2c(c1)C(=O)N(CCC(=O)NC(c1cccs1)C(C)(C)C)C2=O. The van der Waals surface area contributed by atoms with Crippen molar-refractivity contribution >= 4 is 29.1 Å². The van der Waals surface area contributed by atoms with Gasteiger partial charge in [-0.15, -0.1) is 11.3 Å². The maximum Gasteiger partial charge on any atom is 0.261 e. The molecule has 1 aromatic carbocycles. The van der Waals surface area contributed by atoms with Crippen molar-refractivity contribution < 1.29 is 14.4 Å². The van der Waals surface area contributed by atoms with Gasteiger partial charge in [0.25, 0.3) is 11.8 Å². The van der Waals surface area contributed by atoms with Gasteiger partial charge in [-0.3, -0.25) is 19.3 Å². The van der Waals surface area contributed by atoms with Gasteiger partial charge < -0.3 is 5.32 Å². The number of benzene rings is 1. The Labute approximate surface area is 163 Å². The molecule has 27 heavy (non-hydrogen) atoms. The van der Waals surface area contributed by atoms with Crippen LogP contribution in [0.1, 0.15) is 64.4 Å². The summed E-state index contributed by atoms with van der Waals surface area (Å²) in [7, 11) is 0. The summed E-state index contributed by atoms with van der Waals surface area (Å²) in [6.07, 6.45) is 0.0857. The summed E-state index contributed by atoms with van der Waals surface area (Å²) in [6, 6.07) is 9.07. The van der Waals surface area contributed by atoms with E-state index in [1.807, 2.05) is 30.5 Å². The Morgan fingerprint density at radius 2 is 1.85 bits per heavy atom. The van der Waals surface area contributed by atoms with E-state index in [2.05, 4.69) is 26.1 Å². The smallest absolute Gasteiger partial charge is 0.261 e. The molecule has 1 aliphatic heterocycles. The summed E-state index contributed by atoms with van der Waals surface area (Å²) in [6.45, 7) is 8.18. The molecule has 5 nitrogen and oxygen atoms in total. The summed E-state index contributed by atoms with van der Waals surface area (Å²) in [5.74, 6) is -0.818. The third kappa shape index (κ3) is 3.95. The van der Waals surface area contributed by atoms with Gasteiger partial charge in [0, 0.05) is 17.8 Å². The van der Waals surface area contributed by atoms with Crippen LogP contribution in [0.4, 0.5) is 0 Å². The lowest BCUT2D eigenvalue weighted by molar-refractivity contribution is -0.122. The van der Waals surface area contributed by atoms with Crippen molar-refractivity contribution in [1.82, 2.24) is 10.2 Å². The highest BCUT2D eigenvalue weighted by Gasteiger charge is 2.36. The van der Waals surface area contributed by atoms with Crippen LogP contribution < -0.4 is 5.32 Å². The van der Waals surface area contributed by atoms with Crippen LogP contribution in [0, 0.1) is 12.3 Å². The molecule has 2 aromatic rings. The molecule has 0 spiro atoms. The number of carbonyl (C=O) groups excluding carboxylic acids is 3. The van der Waals surface area contributed by atoms with Crippen molar-refractivity contribution in [2.75, 3.05) is 6.54 Å². The number of thiophene rings is 1. The Kier molecular flexibility index (Phi) is 5.20.